The van der Waals surface area contributed by atoms with Crippen molar-refractivity contribution >= 4 is 5.82 Å². The van der Waals surface area contributed by atoms with Crippen LogP contribution in [0.5, 0.6) is 0 Å². The lowest BCUT2D eigenvalue weighted by Crippen LogP contribution is -2.23. The molecule has 4 heteroatoms. The Kier molecular flexibility index (Phi) is 4.32. The summed E-state index contributed by atoms with van der Waals surface area (Å²) in [6, 6.07) is 2.98. The molecule has 1 rings (SSSR count). The summed E-state index contributed by atoms with van der Waals surface area (Å²) >= 11 is 0. The maximum atomic E-state index is 13.1. The zero-order valence-corrected chi connectivity index (χ0v) is 8.55. The maximum Gasteiger partial charge on any atom is 0.165 e. The number of nitrogens with one attached hydrogen (secondary N) is 2. The van der Waals surface area contributed by atoms with E-state index in [1.807, 2.05) is 7.05 Å². The largest absolute Gasteiger partial charge is 0.367 e. The minimum absolute atomic E-state index is 0.302. The number of hydrogen-bond donors (Lipinski definition) is 2. The van der Waals surface area contributed by atoms with Gasteiger partial charge in [0, 0.05) is 12.7 Å². The molecule has 2 N–H and O–H groups in total. The second-order valence-electron chi connectivity index (χ2n) is 3.38. The molecule has 0 fully saturated rings. The number of pyridine rings is 1. The van der Waals surface area contributed by atoms with Crippen molar-refractivity contribution < 1.29 is 4.39 Å². The fraction of sp³-hybridized carbons (Fsp3) is 0.500. The highest BCUT2D eigenvalue weighted by Crippen LogP contribution is 2.08. The molecule has 0 aromatic carbocycles. The van der Waals surface area contributed by atoms with Crippen LogP contribution >= 0.6 is 0 Å². The quantitative estimate of drug-likeness (QED) is 0.751. The number of nitrogens with zero attached hydrogens (tertiary/aromatic N) is 1. The summed E-state index contributed by atoms with van der Waals surface area (Å²) in [4.78, 5) is 3.90. The van der Waals surface area contributed by atoms with Crippen LogP contribution in [0, 0.1) is 11.7 Å². The lowest BCUT2D eigenvalue weighted by molar-refractivity contribution is 0.563. The van der Waals surface area contributed by atoms with Crippen molar-refractivity contribution in [2.24, 2.45) is 5.92 Å². The van der Waals surface area contributed by atoms with Crippen LogP contribution in [-0.2, 0) is 0 Å². The van der Waals surface area contributed by atoms with Gasteiger partial charge in [0.05, 0.1) is 0 Å². The van der Waals surface area contributed by atoms with Crippen molar-refractivity contribution in [1.29, 1.82) is 0 Å². The lowest BCUT2D eigenvalue weighted by atomic mass is 10.2. The molecule has 1 heterocycles. The van der Waals surface area contributed by atoms with Crippen molar-refractivity contribution in [3.8, 4) is 0 Å². The fourth-order valence-corrected chi connectivity index (χ4v) is 1.21. The van der Waals surface area contributed by atoms with Crippen LogP contribution in [0.1, 0.15) is 6.92 Å². The Hall–Kier alpha value is -1.16. The summed E-state index contributed by atoms with van der Waals surface area (Å²) < 4.78 is 13.1. The molecule has 0 saturated carbocycles. The lowest BCUT2D eigenvalue weighted by Gasteiger charge is -2.12. The molecule has 0 bridgehead atoms. The minimum atomic E-state index is -0.302. The van der Waals surface area contributed by atoms with Crippen LogP contribution in [0.3, 0.4) is 0 Å². The average molecular weight is 197 g/mol. The van der Waals surface area contributed by atoms with Gasteiger partial charge in [0.1, 0.15) is 0 Å². The van der Waals surface area contributed by atoms with Gasteiger partial charge in [0.25, 0.3) is 0 Å². The zero-order chi connectivity index (χ0) is 10.4. The predicted octanol–water partition coefficient (Wildman–Crippen LogP) is 1.49. The highest BCUT2D eigenvalue weighted by atomic mass is 19.1. The molecule has 0 amide bonds. The van der Waals surface area contributed by atoms with Gasteiger partial charge in [-0.05, 0) is 31.6 Å². The highest BCUT2D eigenvalue weighted by Gasteiger charge is 2.04. The van der Waals surface area contributed by atoms with E-state index in [9.17, 15) is 4.39 Å². The average Bonchev–Trinajstić information content (AvgIpc) is 2.17. The van der Waals surface area contributed by atoms with E-state index >= 15 is 0 Å². The third-order valence-electron chi connectivity index (χ3n) is 1.93. The molecule has 14 heavy (non-hydrogen) atoms. The standard InChI is InChI=1S/C10H16FN3/c1-8(6-12-2)7-14-10-9(11)4-3-5-13-10/h3-5,8,12H,6-7H2,1-2H3,(H,13,14). The molecule has 0 saturated heterocycles. The Labute approximate surface area is 83.7 Å². The minimum Gasteiger partial charge on any atom is -0.367 e. The van der Waals surface area contributed by atoms with Gasteiger partial charge in [0.15, 0.2) is 11.6 Å². The van der Waals surface area contributed by atoms with E-state index in [1.54, 1.807) is 12.3 Å². The molecule has 0 aliphatic heterocycles. The van der Waals surface area contributed by atoms with Crippen LogP contribution < -0.4 is 10.6 Å². The molecule has 78 valence electrons. The van der Waals surface area contributed by atoms with Crippen molar-refractivity contribution in [2.45, 2.75) is 6.92 Å². The Morgan fingerprint density at radius 1 is 1.50 bits per heavy atom. The highest BCUT2D eigenvalue weighted by molar-refractivity contribution is 5.35. The van der Waals surface area contributed by atoms with Crippen LogP contribution in [-0.4, -0.2) is 25.1 Å². The van der Waals surface area contributed by atoms with E-state index in [4.69, 9.17) is 0 Å². The molecule has 0 aliphatic carbocycles. The molecular weight excluding hydrogens is 181 g/mol. The monoisotopic (exact) mass is 197 g/mol. The van der Waals surface area contributed by atoms with Crippen molar-refractivity contribution in [2.75, 3.05) is 25.5 Å². The first-order valence-corrected chi connectivity index (χ1v) is 4.73. The molecule has 3 nitrogen and oxygen atoms in total. The Bertz CT molecular complexity index is 278. The molecule has 1 atom stereocenters. The van der Waals surface area contributed by atoms with Crippen LogP contribution in [0.25, 0.3) is 0 Å². The summed E-state index contributed by atoms with van der Waals surface area (Å²) in [5.41, 5.74) is 0. The smallest absolute Gasteiger partial charge is 0.165 e. The van der Waals surface area contributed by atoms with Crippen molar-refractivity contribution in [3.05, 3.63) is 24.1 Å². The van der Waals surface area contributed by atoms with E-state index in [0.717, 1.165) is 13.1 Å². The summed E-state index contributed by atoms with van der Waals surface area (Å²) in [7, 11) is 1.90. The van der Waals surface area contributed by atoms with Crippen LogP contribution in [0.2, 0.25) is 0 Å². The third kappa shape index (κ3) is 3.30. The van der Waals surface area contributed by atoms with E-state index in [-0.39, 0.29) is 5.82 Å². The van der Waals surface area contributed by atoms with Crippen LogP contribution in [0.15, 0.2) is 18.3 Å². The first-order chi connectivity index (χ1) is 6.74. The number of hydrogen-bond acceptors (Lipinski definition) is 3. The Morgan fingerprint density at radius 3 is 2.93 bits per heavy atom. The number of halogens is 1. The third-order valence-corrected chi connectivity index (χ3v) is 1.93. The van der Waals surface area contributed by atoms with Gasteiger partial charge in [-0.3, -0.25) is 0 Å². The summed E-state index contributed by atoms with van der Waals surface area (Å²) in [6.07, 6.45) is 1.58. The molecule has 0 spiro atoms. The van der Waals surface area contributed by atoms with Gasteiger partial charge in [-0.2, -0.15) is 0 Å². The first kappa shape index (κ1) is 10.9. The predicted molar refractivity (Wildman–Crippen MR) is 55.8 cm³/mol. The molecule has 0 radical (unpaired) electrons. The molecular formula is C10H16FN3. The normalized spacial score (nSPS) is 12.5. The summed E-state index contributed by atoms with van der Waals surface area (Å²) in [5.74, 6) is 0.473. The number of rotatable bonds is 5. The van der Waals surface area contributed by atoms with Gasteiger partial charge < -0.3 is 10.6 Å². The van der Waals surface area contributed by atoms with E-state index in [0.29, 0.717) is 11.7 Å². The second-order valence-corrected chi connectivity index (χ2v) is 3.38. The zero-order valence-electron chi connectivity index (χ0n) is 8.55. The number of aromatic nitrogens is 1. The first-order valence-electron chi connectivity index (χ1n) is 4.73. The van der Waals surface area contributed by atoms with E-state index in [1.165, 1.54) is 6.07 Å². The molecule has 1 aromatic rings. The van der Waals surface area contributed by atoms with Crippen LogP contribution in [0.4, 0.5) is 10.2 Å². The van der Waals surface area contributed by atoms with Gasteiger partial charge in [-0.25, -0.2) is 9.37 Å². The fourth-order valence-electron chi connectivity index (χ4n) is 1.21. The topological polar surface area (TPSA) is 37.0 Å². The van der Waals surface area contributed by atoms with Gasteiger partial charge >= 0.3 is 0 Å². The van der Waals surface area contributed by atoms with E-state index < -0.39 is 0 Å². The SMILES string of the molecule is CNCC(C)CNc1ncccc1F. The Morgan fingerprint density at radius 2 is 2.29 bits per heavy atom. The maximum absolute atomic E-state index is 13.1. The molecule has 0 aliphatic rings. The van der Waals surface area contributed by atoms with Gasteiger partial charge in [-0.15, -0.1) is 0 Å². The number of anilines is 1. The Balaban J connectivity index is 2.41. The van der Waals surface area contributed by atoms with E-state index in [2.05, 4.69) is 22.5 Å². The molecule has 1 unspecified atom stereocenters. The molecule has 1 aromatic heterocycles. The van der Waals surface area contributed by atoms with Crippen molar-refractivity contribution in [1.82, 2.24) is 10.3 Å². The second kappa shape index (κ2) is 5.54. The van der Waals surface area contributed by atoms with Crippen molar-refractivity contribution in [3.63, 3.8) is 0 Å². The van der Waals surface area contributed by atoms with Gasteiger partial charge in [0.2, 0.25) is 0 Å². The summed E-state index contributed by atoms with van der Waals surface area (Å²) in [6.45, 7) is 3.71. The summed E-state index contributed by atoms with van der Waals surface area (Å²) in [5, 5.41) is 6.04. The van der Waals surface area contributed by atoms with Gasteiger partial charge in [-0.1, -0.05) is 6.92 Å².